The molecule has 7 nitrogen and oxygen atoms in total. The summed E-state index contributed by atoms with van der Waals surface area (Å²) in [7, 11) is 0. The molecule has 0 bridgehead atoms. The van der Waals surface area contributed by atoms with Crippen molar-refractivity contribution >= 4 is 34.2 Å². The fourth-order valence-corrected chi connectivity index (χ4v) is 3.41. The van der Waals surface area contributed by atoms with Crippen LogP contribution >= 0.6 is 0 Å². The normalized spacial score (nSPS) is 16.8. The Balaban J connectivity index is 1.49. The van der Waals surface area contributed by atoms with E-state index in [1.54, 1.807) is 26.0 Å². The van der Waals surface area contributed by atoms with Crippen LogP contribution in [0.2, 0.25) is 0 Å². The van der Waals surface area contributed by atoms with Crippen molar-refractivity contribution in [3.63, 3.8) is 0 Å². The van der Waals surface area contributed by atoms with Gasteiger partial charge in [-0.3, -0.25) is 19.8 Å². The lowest BCUT2D eigenvalue weighted by molar-refractivity contribution is -0.121. The van der Waals surface area contributed by atoms with Crippen molar-refractivity contribution in [1.29, 1.82) is 0 Å². The average molecular weight is 377 g/mol. The van der Waals surface area contributed by atoms with Crippen LogP contribution in [0.5, 0.6) is 0 Å². The smallest absolute Gasteiger partial charge is 0.268 e. The monoisotopic (exact) mass is 377 g/mol. The van der Waals surface area contributed by atoms with Crippen LogP contribution in [-0.2, 0) is 9.59 Å². The van der Waals surface area contributed by atoms with Gasteiger partial charge in [-0.1, -0.05) is 30.3 Å². The molecule has 0 saturated carbocycles. The van der Waals surface area contributed by atoms with E-state index in [1.165, 1.54) is 0 Å². The lowest BCUT2D eigenvalue weighted by Gasteiger charge is -2.16. The van der Waals surface area contributed by atoms with Gasteiger partial charge in [-0.15, -0.1) is 0 Å². The molecular weight excluding hydrogens is 358 g/mol. The molecule has 142 valence electrons. The summed E-state index contributed by atoms with van der Waals surface area (Å²) in [4.78, 5) is 38.6. The summed E-state index contributed by atoms with van der Waals surface area (Å²) in [5.41, 5.74) is 6.08. The fourth-order valence-electron chi connectivity index (χ4n) is 3.41. The lowest BCUT2D eigenvalue weighted by atomic mass is 10.1. The van der Waals surface area contributed by atoms with Gasteiger partial charge >= 0.3 is 0 Å². The molecule has 2 heterocycles. The summed E-state index contributed by atoms with van der Waals surface area (Å²) in [6.07, 6.45) is -0.0324. The van der Waals surface area contributed by atoms with Gasteiger partial charge in [0.15, 0.2) is 0 Å². The number of benzene rings is 2. The van der Waals surface area contributed by atoms with E-state index >= 15 is 0 Å². The van der Waals surface area contributed by atoms with Crippen LogP contribution in [-0.4, -0.2) is 23.8 Å². The standard InChI is InChI=1S/C21H19N3O4/c1-12-9-17(13(2)28-12)20(26)23-22-18-11-19(25)24(21(18)27)16-8-7-14-5-3-4-6-15(14)10-16/h3-10,18,22H,11H2,1-2H3,(H,23,26)/t18-/m1/s1. The molecule has 1 fully saturated rings. The van der Waals surface area contributed by atoms with E-state index in [0.29, 0.717) is 22.8 Å². The number of nitrogens with zero attached hydrogens (tertiary/aromatic N) is 1. The maximum atomic E-state index is 12.7. The zero-order valence-electron chi connectivity index (χ0n) is 15.5. The third-order valence-electron chi connectivity index (χ3n) is 4.78. The molecule has 7 heteroatoms. The molecule has 1 aliphatic heterocycles. The van der Waals surface area contributed by atoms with E-state index in [2.05, 4.69) is 10.9 Å². The Kier molecular flexibility index (Phi) is 4.44. The minimum Gasteiger partial charge on any atom is -0.466 e. The van der Waals surface area contributed by atoms with Crippen LogP contribution in [0.4, 0.5) is 5.69 Å². The quantitative estimate of drug-likeness (QED) is 0.539. The number of fused-ring (bicyclic) bond motifs is 1. The van der Waals surface area contributed by atoms with Gasteiger partial charge in [0.2, 0.25) is 5.91 Å². The number of hydrazine groups is 1. The van der Waals surface area contributed by atoms with Crippen molar-refractivity contribution in [2.75, 3.05) is 4.90 Å². The van der Waals surface area contributed by atoms with Gasteiger partial charge in [-0.25, -0.2) is 10.3 Å². The summed E-state index contributed by atoms with van der Waals surface area (Å²) in [6, 6.07) is 13.9. The maximum absolute atomic E-state index is 12.7. The number of rotatable bonds is 4. The Labute approximate surface area is 161 Å². The zero-order valence-corrected chi connectivity index (χ0v) is 15.5. The van der Waals surface area contributed by atoms with Crippen LogP contribution in [0.3, 0.4) is 0 Å². The van der Waals surface area contributed by atoms with Crippen LogP contribution in [0.1, 0.15) is 28.3 Å². The molecule has 3 amide bonds. The molecule has 2 aromatic carbocycles. The highest BCUT2D eigenvalue weighted by molar-refractivity contribution is 6.22. The van der Waals surface area contributed by atoms with E-state index in [1.807, 2.05) is 36.4 Å². The van der Waals surface area contributed by atoms with E-state index in [-0.39, 0.29) is 12.3 Å². The van der Waals surface area contributed by atoms with Gasteiger partial charge in [-0.2, -0.15) is 0 Å². The summed E-state index contributed by atoms with van der Waals surface area (Å²) in [5.74, 6) is -0.0255. The molecule has 3 aromatic rings. The first kappa shape index (κ1) is 17.9. The van der Waals surface area contributed by atoms with Gasteiger partial charge in [-0.05, 0) is 42.8 Å². The highest BCUT2D eigenvalue weighted by Gasteiger charge is 2.39. The number of carbonyl (C=O) groups excluding carboxylic acids is 3. The number of nitrogens with one attached hydrogen (secondary N) is 2. The van der Waals surface area contributed by atoms with Crippen molar-refractivity contribution in [2.24, 2.45) is 0 Å². The van der Waals surface area contributed by atoms with E-state index in [4.69, 9.17) is 4.42 Å². The molecule has 2 N–H and O–H groups in total. The van der Waals surface area contributed by atoms with Crippen LogP contribution in [0.25, 0.3) is 10.8 Å². The van der Waals surface area contributed by atoms with Crippen LogP contribution in [0.15, 0.2) is 52.9 Å². The maximum Gasteiger partial charge on any atom is 0.268 e. The predicted molar refractivity (Wildman–Crippen MR) is 104 cm³/mol. The largest absolute Gasteiger partial charge is 0.466 e. The van der Waals surface area contributed by atoms with E-state index in [9.17, 15) is 14.4 Å². The molecule has 0 unspecified atom stereocenters. The van der Waals surface area contributed by atoms with Crippen molar-refractivity contribution in [3.05, 3.63) is 65.6 Å². The lowest BCUT2D eigenvalue weighted by Crippen LogP contribution is -2.48. The van der Waals surface area contributed by atoms with Crippen molar-refractivity contribution in [1.82, 2.24) is 10.9 Å². The second-order valence-electron chi connectivity index (χ2n) is 6.78. The molecule has 0 aliphatic carbocycles. The third kappa shape index (κ3) is 3.16. The minimum atomic E-state index is -0.823. The molecule has 1 aromatic heterocycles. The number of carbonyl (C=O) groups is 3. The molecule has 1 aliphatic rings. The second kappa shape index (κ2) is 6.94. The first-order valence-corrected chi connectivity index (χ1v) is 8.92. The first-order valence-electron chi connectivity index (χ1n) is 8.92. The zero-order chi connectivity index (χ0) is 19.8. The van der Waals surface area contributed by atoms with Crippen molar-refractivity contribution in [3.8, 4) is 0 Å². The van der Waals surface area contributed by atoms with Gasteiger partial charge < -0.3 is 4.42 Å². The summed E-state index contributed by atoms with van der Waals surface area (Å²) in [6.45, 7) is 3.44. The summed E-state index contributed by atoms with van der Waals surface area (Å²) >= 11 is 0. The Morgan fingerprint density at radius 3 is 2.54 bits per heavy atom. The SMILES string of the molecule is Cc1cc(C(=O)NN[C@@H]2CC(=O)N(c3ccc4ccccc4c3)C2=O)c(C)o1. The number of furan rings is 1. The molecule has 0 radical (unpaired) electrons. The highest BCUT2D eigenvalue weighted by atomic mass is 16.3. The molecule has 28 heavy (non-hydrogen) atoms. The summed E-state index contributed by atoms with van der Waals surface area (Å²) < 4.78 is 5.34. The third-order valence-corrected chi connectivity index (χ3v) is 4.78. The predicted octanol–water partition coefficient (Wildman–Crippen LogP) is 2.62. The highest BCUT2D eigenvalue weighted by Crippen LogP contribution is 2.26. The molecule has 1 saturated heterocycles. The minimum absolute atomic E-state index is 0.0324. The number of aryl methyl sites for hydroxylation is 2. The van der Waals surface area contributed by atoms with E-state index in [0.717, 1.165) is 15.7 Å². The molecule has 4 rings (SSSR count). The first-order chi connectivity index (χ1) is 13.4. The Hall–Kier alpha value is -3.45. The Morgan fingerprint density at radius 1 is 1.07 bits per heavy atom. The van der Waals surface area contributed by atoms with E-state index < -0.39 is 17.9 Å². The number of imide groups is 1. The fraction of sp³-hybridized carbons (Fsp3) is 0.190. The number of amides is 3. The number of hydrogen-bond acceptors (Lipinski definition) is 5. The van der Waals surface area contributed by atoms with Gasteiger partial charge in [0.25, 0.3) is 11.8 Å². The van der Waals surface area contributed by atoms with Gasteiger partial charge in [0.05, 0.1) is 17.7 Å². The average Bonchev–Trinajstić information content (AvgIpc) is 3.16. The molecule has 1 atom stereocenters. The Bertz CT molecular complexity index is 1100. The van der Waals surface area contributed by atoms with Gasteiger partial charge in [0.1, 0.15) is 17.6 Å². The van der Waals surface area contributed by atoms with Crippen molar-refractivity contribution < 1.29 is 18.8 Å². The number of hydrogen-bond donors (Lipinski definition) is 2. The Morgan fingerprint density at radius 2 is 1.82 bits per heavy atom. The van der Waals surface area contributed by atoms with Crippen LogP contribution in [0, 0.1) is 13.8 Å². The van der Waals surface area contributed by atoms with Crippen LogP contribution < -0.4 is 15.8 Å². The number of anilines is 1. The second-order valence-corrected chi connectivity index (χ2v) is 6.78. The topological polar surface area (TPSA) is 91.7 Å². The molecule has 0 spiro atoms. The molecular formula is C21H19N3O4. The van der Waals surface area contributed by atoms with Crippen molar-refractivity contribution in [2.45, 2.75) is 26.3 Å². The van der Waals surface area contributed by atoms with Gasteiger partial charge in [0, 0.05) is 0 Å². The summed E-state index contributed by atoms with van der Waals surface area (Å²) in [5, 5.41) is 1.97.